The van der Waals surface area contributed by atoms with Gasteiger partial charge in [-0.05, 0) is 110 Å². The van der Waals surface area contributed by atoms with Gasteiger partial charge in [0.05, 0.1) is 6.10 Å². The van der Waals surface area contributed by atoms with E-state index in [-0.39, 0.29) is 73.6 Å². The van der Waals surface area contributed by atoms with Crippen LogP contribution in [0.25, 0.3) is 0 Å². The molecule has 1 saturated heterocycles. The molecule has 0 radical (unpaired) electrons. The Hall–Kier alpha value is -7.38. The average molecular weight is 1180 g/mol. The standard InChI is InChI=1S/C56H71ClN10O12S2/c1-32(68)48-53(76)64-44(56(79)65(2)45(50(60)73)28-35-12-21-39(69)22-13-35)31-81-80-30-43(61-47(71)25-16-33-10-19-38(57)20-11-33)55(78)66(3)46(29-36-14-23-40(70)24-15-36)52(75)63-42(27-34-8-17-37(18-9-34)49(59)72)51(74)62-41(7-5-6-26-58)54(77)67(48)4/h8-15,17-24,32,41-46,48,68-70H,5-7,16,25-31,58H2,1-4H3,(H2,59,72)(H2,60,73)(H,61,71)(H,62,74)(H,63,75)(H,64,76)/t32?,41-,42+,43+,44-,45+,46-,48?/m0/s1. The van der Waals surface area contributed by atoms with E-state index in [0.29, 0.717) is 34.6 Å². The van der Waals surface area contributed by atoms with Crippen LogP contribution in [0, 0.1) is 0 Å². The summed E-state index contributed by atoms with van der Waals surface area (Å²) in [6.45, 7) is 1.47. The van der Waals surface area contributed by atoms with Crippen molar-refractivity contribution < 1.29 is 58.5 Å². The maximum absolute atomic E-state index is 15.0. The highest BCUT2D eigenvalue weighted by Gasteiger charge is 2.40. The number of aromatic hydroxyl groups is 2. The summed E-state index contributed by atoms with van der Waals surface area (Å²) in [6, 6.07) is 14.4. The Morgan fingerprint density at radius 2 is 1.27 bits per heavy atom. The molecule has 1 fully saturated rings. The summed E-state index contributed by atoms with van der Waals surface area (Å²) in [5.74, 6) is -7.81. The number of aryl methyl sites for hydroxylation is 1. The van der Waals surface area contributed by atoms with Crippen molar-refractivity contribution in [2.24, 2.45) is 17.2 Å². The number of likely N-dealkylation sites (N-methyl/N-ethyl adjacent to an activating group) is 3. The second-order valence-electron chi connectivity index (χ2n) is 19.8. The van der Waals surface area contributed by atoms with Gasteiger partial charge in [-0.1, -0.05) is 81.7 Å². The topological polar surface area (TPSA) is 350 Å². The zero-order chi connectivity index (χ0) is 59.5. The van der Waals surface area contributed by atoms with E-state index in [2.05, 4.69) is 21.3 Å². The first-order valence-corrected chi connectivity index (χ1v) is 29.0. The molecule has 1 aliphatic heterocycles. The van der Waals surface area contributed by atoms with E-state index in [0.717, 1.165) is 41.9 Å². The minimum Gasteiger partial charge on any atom is -0.508 e. The molecule has 2 unspecified atom stereocenters. The van der Waals surface area contributed by atoms with E-state index in [9.17, 15) is 48.9 Å². The number of primary amides is 2. The summed E-state index contributed by atoms with van der Waals surface area (Å²) in [6.07, 6.45) is -1.21. The van der Waals surface area contributed by atoms with Crippen molar-refractivity contribution >= 4 is 86.4 Å². The highest BCUT2D eigenvalue weighted by Crippen LogP contribution is 2.26. The molecule has 4 aromatic rings. The third-order valence-corrected chi connectivity index (χ3v) is 16.4. The number of phenols is 2. The Labute approximate surface area is 483 Å². The number of hydrogen-bond donors (Lipinski definition) is 10. The van der Waals surface area contributed by atoms with Crippen molar-refractivity contribution in [2.45, 2.75) is 107 Å². The van der Waals surface area contributed by atoms with Crippen LogP contribution in [0.5, 0.6) is 11.5 Å². The lowest BCUT2D eigenvalue weighted by molar-refractivity contribution is -0.147. The SMILES string of the molecule is CC(O)C1C(=O)N[C@H](C(=O)N(C)[C@H](Cc2ccc(O)cc2)C(N)=O)CSSC[C@@H](NC(=O)CCc2ccc(Cl)cc2)C(=O)N(C)[C@@H](Cc2ccc(O)cc2)C(=O)N[C@H](Cc2ccc(C(N)=O)cc2)C(=O)N[C@@H](CCCCN)C(=O)N1C. The fourth-order valence-corrected chi connectivity index (χ4v) is 11.4. The fourth-order valence-electron chi connectivity index (χ4n) is 9.00. The highest BCUT2D eigenvalue weighted by molar-refractivity contribution is 8.76. The van der Waals surface area contributed by atoms with Crippen LogP contribution in [-0.2, 0) is 64.0 Å². The minimum absolute atomic E-state index is 0.0307. The molecule has 436 valence electrons. The molecule has 1 heterocycles. The van der Waals surface area contributed by atoms with E-state index >= 15 is 9.59 Å². The van der Waals surface area contributed by atoms with Crippen molar-refractivity contribution in [3.8, 4) is 11.5 Å². The van der Waals surface area contributed by atoms with Gasteiger partial charge >= 0.3 is 0 Å². The van der Waals surface area contributed by atoms with Gasteiger partial charge in [0.2, 0.25) is 53.2 Å². The van der Waals surface area contributed by atoms with E-state index in [1.54, 1.807) is 48.5 Å². The molecule has 25 heteroatoms. The molecule has 13 N–H and O–H groups in total. The number of nitrogens with zero attached hydrogens (tertiary/aromatic N) is 3. The number of amides is 9. The number of nitrogens with one attached hydrogen (secondary N) is 4. The number of nitrogens with two attached hydrogens (primary N) is 3. The Balaban J connectivity index is 1.62. The van der Waals surface area contributed by atoms with Crippen LogP contribution in [0.3, 0.4) is 0 Å². The number of phenolic OH excluding ortho intramolecular Hbond substituents is 2. The van der Waals surface area contributed by atoms with E-state index in [1.807, 2.05) is 0 Å². The number of carbonyl (C=O) groups excluding carboxylic acids is 9. The van der Waals surface area contributed by atoms with Crippen molar-refractivity contribution in [3.63, 3.8) is 0 Å². The molecule has 0 spiro atoms. The Kier molecular flexibility index (Phi) is 24.7. The smallest absolute Gasteiger partial charge is 0.248 e. The van der Waals surface area contributed by atoms with Gasteiger partial charge in [-0.2, -0.15) is 0 Å². The number of unbranched alkanes of at least 4 members (excludes halogenated alkanes) is 1. The van der Waals surface area contributed by atoms with Gasteiger partial charge in [-0.15, -0.1) is 0 Å². The van der Waals surface area contributed by atoms with Crippen LogP contribution < -0.4 is 38.5 Å². The van der Waals surface area contributed by atoms with Gasteiger partial charge in [0.15, 0.2) is 0 Å². The van der Waals surface area contributed by atoms with Gasteiger partial charge in [0, 0.05) is 68.9 Å². The predicted molar refractivity (Wildman–Crippen MR) is 308 cm³/mol. The number of rotatable bonds is 19. The predicted octanol–water partition coefficient (Wildman–Crippen LogP) is 1.32. The highest BCUT2D eigenvalue weighted by atomic mass is 35.5. The van der Waals surface area contributed by atoms with E-state index in [1.165, 1.54) is 76.6 Å². The lowest BCUT2D eigenvalue weighted by Crippen LogP contribution is -2.62. The maximum atomic E-state index is 15.0. The summed E-state index contributed by atoms with van der Waals surface area (Å²) in [5, 5.41) is 42.8. The summed E-state index contributed by atoms with van der Waals surface area (Å²) in [5.41, 5.74) is 19.6. The maximum Gasteiger partial charge on any atom is 0.248 e. The molecule has 0 bridgehead atoms. The van der Waals surface area contributed by atoms with Crippen molar-refractivity contribution in [1.29, 1.82) is 0 Å². The Morgan fingerprint density at radius 3 is 1.85 bits per heavy atom. The van der Waals surface area contributed by atoms with Gasteiger partial charge in [0.1, 0.15) is 53.8 Å². The number of hydrogen-bond acceptors (Lipinski definition) is 15. The Morgan fingerprint density at radius 1 is 0.716 bits per heavy atom. The first-order chi connectivity index (χ1) is 38.5. The summed E-state index contributed by atoms with van der Waals surface area (Å²) >= 11 is 6.09. The third kappa shape index (κ3) is 19.1. The number of carbonyl (C=O) groups is 9. The molecule has 0 saturated carbocycles. The second kappa shape index (κ2) is 31.0. The third-order valence-electron chi connectivity index (χ3n) is 13.7. The Bertz CT molecular complexity index is 2830. The quantitative estimate of drug-likeness (QED) is 0.0468. The van der Waals surface area contributed by atoms with Crippen LogP contribution in [0.15, 0.2) is 97.1 Å². The van der Waals surface area contributed by atoms with Crippen LogP contribution >= 0.6 is 33.2 Å². The average Bonchev–Trinajstić information content (AvgIpc) is 3.44. The number of benzene rings is 4. The van der Waals surface area contributed by atoms with Crippen LogP contribution in [0.1, 0.15) is 65.2 Å². The van der Waals surface area contributed by atoms with E-state index < -0.39 is 102 Å². The largest absolute Gasteiger partial charge is 0.508 e. The van der Waals surface area contributed by atoms with Gasteiger partial charge in [0.25, 0.3) is 0 Å². The molecule has 81 heavy (non-hydrogen) atoms. The monoisotopic (exact) mass is 1170 g/mol. The van der Waals surface area contributed by atoms with Crippen molar-refractivity contribution in [1.82, 2.24) is 36.0 Å². The van der Waals surface area contributed by atoms with E-state index in [4.69, 9.17) is 28.8 Å². The lowest BCUT2D eigenvalue weighted by Gasteiger charge is -2.35. The molecule has 0 aliphatic carbocycles. The second-order valence-corrected chi connectivity index (χ2v) is 22.7. The first kappa shape index (κ1) is 64.4. The van der Waals surface area contributed by atoms with Crippen LogP contribution in [-0.4, -0.2) is 171 Å². The molecular formula is C56H71ClN10O12S2. The zero-order valence-corrected chi connectivity index (χ0v) is 47.8. The van der Waals surface area contributed by atoms with Gasteiger partial charge < -0.3 is 68.5 Å². The minimum atomic E-state index is -1.69. The summed E-state index contributed by atoms with van der Waals surface area (Å²) < 4.78 is 0. The zero-order valence-electron chi connectivity index (χ0n) is 45.4. The molecule has 9 amide bonds. The van der Waals surface area contributed by atoms with Gasteiger partial charge in [-0.3, -0.25) is 43.2 Å². The molecule has 1 aliphatic rings. The van der Waals surface area contributed by atoms with Crippen molar-refractivity contribution in [3.05, 3.63) is 130 Å². The summed E-state index contributed by atoms with van der Waals surface area (Å²) in [4.78, 5) is 131. The molecule has 5 rings (SSSR count). The van der Waals surface area contributed by atoms with Gasteiger partial charge in [-0.25, -0.2) is 0 Å². The lowest BCUT2D eigenvalue weighted by atomic mass is 9.99. The first-order valence-electron chi connectivity index (χ1n) is 26.1. The van der Waals surface area contributed by atoms with Crippen LogP contribution in [0.2, 0.25) is 5.02 Å². The number of aliphatic hydroxyl groups excluding tert-OH is 1. The van der Waals surface area contributed by atoms with Crippen molar-refractivity contribution in [2.75, 3.05) is 39.2 Å². The normalized spacial score (nSPS) is 20.7. The van der Waals surface area contributed by atoms with Crippen LogP contribution in [0.4, 0.5) is 0 Å². The molecule has 0 aromatic heterocycles. The fraction of sp³-hybridized carbons (Fsp3) is 0.411. The molecule has 22 nitrogen and oxygen atoms in total. The molecule has 8 atom stereocenters. The molecule has 4 aromatic carbocycles. The summed E-state index contributed by atoms with van der Waals surface area (Å²) in [7, 11) is 5.95. The number of halogens is 1. The number of aliphatic hydroxyl groups is 1. The molecular weight excluding hydrogens is 1100 g/mol.